The standard InChI is InChI=1S/C13H27NO/c1-5-9-14-13(11-12(3)4)8-7-10-15-6-2/h11,13-14H,5-10H2,1-4H3. The van der Waals surface area contributed by atoms with Gasteiger partial charge in [0.25, 0.3) is 0 Å². The SMILES string of the molecule is CCCNC(C=C(C)C)CCCOCC. The van der Waals surface area contributed by atoms with Crippen LogP contribution in [0.25, 0.3) is 0 Å². The Balaban J connectivity index is 3.75. The van der Waals surface area contributed by atoms with E-state index in [9.17, 15) is 0 Å². The molecule has 0 amide bonds. The van der Waals surface area contributed by atoms with Gasteiger partial charge in [0.05, 0.1) is 0 Å². The fourth-order valence-corrected chi connectivity index (χ4v) is 1.53. The molecule has 0 aliphatic carbocycles. The first kappa shape index (κ1) is 14.7. The summed E-state index contributed by atoms with van der Waals surface area (Å²) < 4.78 is 5.34. The highest BCUT2D eigenvalue weighted by Gasteiger charge is 2.03. The van der Waals surface area contributed by atoms with E-state index in [-0.39, 0.29) is 0 Å². The van der Waals surface area contributed by atoms with E-state index in [1.165, 1.54) is 18.4 Å². The summed E-state index contributed by atoms with van der Waals surface area (Å²) >= 11 is 0. The molecule has 0 aliphatic heterocycles. The van der Waals surface area contributed by atoms with Crippen LogP contribution in [-0.4, -0.2) is 25.8 Å². The van der Waals surface area contributed by atoms with Crippen LogP contribution in [0.1, 0.15) is 47.0 Å². The van der Waals surface area contributed by atoms with Crippen molar-refractivity contribution in [3.63, 3.8) is 0 Å². The third-order valence-corrected chi connectivity index (χ3v) is 2.20. The third kappa shape index (κ3) is 9.95. The average Bonchev–Trinajstić information content (AvgIpc) is 2.19. The van der Waals surface area contributed by atoms with Crippen molar-refractivity contribution in [2.24, 2.45) is 0 Å². The van der Waals surface area contributed by atoms with E-state index in [0.29, 0.717) is 6.04 Å². The summed E-state index contributed by atoms with van der Waals surface area (Å²) in [6.45, 7) is 11.4. The maximum atomic E-state index is 5.34. The Morgan fingerprint density at radius 1 is 1.33 bits per heavy atom. The molecule has 2 nitrogen and oxygen atoms in total. The molecular weight excluding hydrogens is 186 g/mol. The summed E-state index contributed by atoms with van der Waals surface area (Å²) in [6.07, 6.45) is 5.82. The Bertz CT molecular complexity index is 162. The molecule has 0 heterocycles. The first-order chi connectivity index (χ1) is 7.20. The molecule has 0 aromatic rings. The Morgan fingerprint density at radius 2 is 2.07 bits per heavy atom. The second-order valence-electron chi connectivity index (χ2n) is 4.14. The smallest absolute Gasteiger partial charge is 0.0466 e. The molecule has 0 fully saturated rings. The molecule has 15 heavy (non-hydrogen) atoms. The monoisotopic (exact) mass is 213 g/mol. The van der Waals surface area contributed by atoms with Crippen molar-refractivity contribution >= 4 is 0 Å². The Labute approximate surface area is 95.1 Å². The van der Waals surface area contributed by atoms with Crippen LogP contribution in [-0.2, 0) is 4.74 Å². The summed E-state index contributed by atoms with van der Waals surface area (Å²) in [7, 11) is 0. The summed E-state index contributed by atoms with van der Waals surface area (Å²) in [5.41, 5.74) is 1.39. The summed E-state index contributed by atoms with van der Waals surface area (Å²) in [6, 6.07) is 0.524. The first-order valence-electron chi connectivity index (χ1n) is 6.16. The lowest BCUT2D eigenvalue weighted by atomic mass is 10.1. The fraction of sp³-hybridized carbons (Fsp3) is 0.846. The summed E-state index contributed by atoms with van der Waals surface area (Å²) in [4.78, 5) is 0. The maximum Gasteiger partial charge on any atom is 0.0466 e. The molecule has 0 aromatic carbocycles. The van der Waals surface area contributed by atoms with Gasteiger partial charge in [-0.1, -0.05) is 18.6 Å². The predicted octanol–water partition coefficient (Wildman–Crippen LogP) is 3.14. The molecule has 0 radical (unpaired) electrons. The number of hydrogen-bond donors (Lipinski definition) is 1. The van der Waals surface area contributed by atoms with Gasteiger partial charge in [0.2, 0.25) is 0 Å². The number of rotatable bonds is 9. The molecule has 0 saturated carbocycles. The van der Waals surface area contributed by atoms with Crippen LogP contribution in [0.2, 0.25) is 0 Å². The van der Waals surface area contributed by atoms with Crippen LogP contribution in [0, 0.1) is 0 Å². The Morgan fingerprint density at radius 3 is 2.60 bits per heavy atom. The van der Waals surface area contributed by atoms with E-state index >= 15 is 0 Å². The van der Waals surface area contributed by atoms with E-state index < -0.39 is 0 Å². The van der Waals surface area contributed by atoms with Gasteiger partial charge >= 0.3 is 0 Å². The molecular formula is C13H27NO. The second kappa shape index (κ2) is 10.2. The van der Waals surface area contributed by atoms with E-state index in [1.54, 1.807) is 0 Å². The lowest BCUT2D eigenvalue weighted by Gasteiger charge is -2.15. The van der Waals surface area contributed by atoms with Gasteiger partial charge in [0, 0.05) is 19.3 Å². The van der Waals surface area contributed by atoms with Crippen LogP contribution in [0.5, 0.6) is 0 Å². The van der Waals surface area contributed by atoms with Gasteiger partial charge in [-0.2, -0.15) is 0 Å². The van der Waals surface area contributed by atoms with E-state index in [1.807, 2.05) is 6.92 Å². The molecule has 1 unspecified atom stereocenters. The van der Waals surface area contributed by atoms with Crippen LogP contribution in [0.3, 0.4) is 0 Å². The molecule has 0 bridgehead atoms. The molecule has 90 valence electrons. The van der Waals surface area contributed by atoms with Gasteiger partial charge < -0.3 is 10.1 Å². The molecule has 2 heteroatoms. The maximum absolute atomic E-state index is 5.34. The molecule has 0 aliphatic rings. The fourth-order valence-electron chi connectivity index (χ4n) is 1.53. The van der Waals surface area contributed by atoms with Crippen molar-refractivity contribution in [3.8, 4) is 0 Å². The zero-order valence-corrected chi connectivity index (χ0v) is 10.8. The van der Waals surface area contributed by atoms with Gasteiger partial charge in [-0.15, -0.1) is 0 Å². The Hall–Kier alpha value is -0.340. The number of allylic oxidation sites excluding steroid dienone is 1. The topological polar surface area (TPSA) is 21.3 Å². The summed E-state index contributed by atoms with van der Waals surface area (Å²) in [5, 5.41) is 3.55. The molecule has 0 spiro atoms. The third-order valence-electron chi connectivity index (χ3n) is 2.20. The minimum atomic E-state index is 0.524. The van der Waals surface area contributed by atoms with Gasteiger partial charge in [-0.05, 0) is 46.6 Å². The van der Waals surface area contributed by atoms with Gasteiger partial charge in [0.1, 0.15) is 0 Å². The minimum Gasteiger partial charge on any atom is -0.382 e. The van der Waals surface area contributed by atoms with Crippen LogP contribution >= 0.6 is 0 Å². The minimum absolute atomic E-state index is 0.524. The quantitative estimate of drug-likeness (QED) is 0.469. The van der Waals surface area contributed by atoms with Crippen LogP contribution < -0.4 is 5.32 Å². The van der Waals surface area contributed by atoms with Crippen molar-refractivity contribution < 1.29 is 4.74 Å². The molecule has 1 atom stereocenters. The highest BCUT2D eigenvalue weighted by molar-refractivity contribution is 5.00. The largest absolute Gasteiger partial charge is 0.382 e. The molecule has 0 rings (SSSR count). The zero-order chi connectivity index (χ0) is 11.5. The van der Waals surface area contributed by atoms with Gasteiger partial charge in [0.15, 0.2) is 0 Å². The molecule has 0 saturated heterocycles. The lowest BCUT2D eigenvalue weighted by Crippen LogP contribution is -2.28. The number of ether oxygens (including phenoxy) is 1. The number of nitrogens with one attached hydrogen (secondary N) is 1. The van der Waals surface area contributed by atoms with Crippen molar-refractivity contribution in [3.05, 3.63) is 11.6 Å². The van der Waals surface area contributed by atoms with Crippen molar-refractivity contribution in [2.45, 2.75) is 53.0 Å². The highest BCUT2D eigenvalue weighted by atomic mass is 16.5. The van der Waals surface area contributed by atoms with Crippen LogP contribution in [0.4, 0.5) is 0 Å². The van der Waals surface area contributed by atoms with E-state index in [0.717, 1.165) is 26.2 Å². The normalized spacial score (nSPS) is 12.5. The van der Waals surface area contributed by atoms with E-state index in [4.69, 9.17) is 4.74 Å². The summed E-state index contributed by atoms with van der Waals surface area (Å²) in [5.74, 6) is 0. The van der Waals surface area contributed by atoms with Crippen molar-refractivity contribution in [1.82, 2.24) is 5.32 Å². The van der Waals surface area contributed by atoms with Crippen molar-refractivity contribution in [1.29, 1.82) is 0 Å². The molecule has 1 N–H and O–H groups in total. The van der Waals surface area contributed by atoms with Gasteiger partial charge in [-0.25, -0.2) is 0 Å². The van der Waals surface area contributed by atoms with Crippen LogP contribution in [0.15, 0.2) is 11.6 Å². The van der Waals surface area contributed by atoms with Gasteiger partial charge in [-0.3, -0.25) is 0 Å². The van der Waals surface area contributed by atoms with E-state index in [2.05, 4.69) is 32.2 Å². The lowest BCUT2D eigenvalue weighted by molar-refractivity contribution is 0.142. The van der Waals surface area contributed by atoms with Crippen molar-refractivity contribution in [2.75, 3.05) is 19.8 Å². The first-order valence-corrected chi connectivity index (χ1v) is 6.16. The molecule has 0 aromatic heterocycles. The predicted molar refractivity (Wildman–Crippen MR) is 67.2 cm³/mol. The number of hydrogen-bond acceptors (Lipinski definition) is 2. The average molecular weight is 213 g/mol. The highest BCUT2D eigenvalue weighted by Crippen LogP contribution is 2.03. The Kier molecular flexibility index (Phi) is 9.96. The zero-order valence-electron chi connectivity index (χ0n) is 10.8. The second-order valence-corrected chi connectivity index (χ2v) is 4.14.